The number of amides is 1. The quantitative estimate of drug-likeness (QED) is 0.766. The van der Waals surface area contributed by atoms with Crippen LogP contribution in [0.4, 0.5) is 5.69 Å². The van der Waals surface area contributed by atoms with Crippen LogP contribution in [0.3, 0.4) is 0 Å². The van der Waals surface area contributed by atoms with Crippen molar-refractivity contribution in [2.24, 2.45) is 0 Å². The molecular weight excluding hydrogens is 346 g/mol. The van der Waals surface area contributed by atoms with Crippen LogP contribution in [0, 0.1) is 6.92 Å². The van der Waals surface area contributed by atoms with Gasteiger partial charge in [0.05, 0.1) is 4.90 Å². The van der Waals surface area contributed by atoms with Crippen molar-refractivity contribution in [3.8, 4) is 0 Å². The van der Waals surface area contributed by atoms with E-state index in [1.165, 1.54) is 11.0 Å². The van der Waals surface area contributed by atoms with Gasteiger partial charge in [-0.1, -0.05) is 0 Å². The number of nitrogens with one attached hydrogen (secondary N) is 1. The van der Waals surface area contributed by atoms with Gasteiger partial charge in [-0.3, -0.25) is 4.79 Å². The molecular formula is C12H18BrN3O3S. The first-order chi connectivity index (χ1) is 9.15. The molecule has 0 aliphatic rings. The van der Waals surface area contributed by atoms with Crippen LogP contribution in [0.15, 0.2) is 21.5 Å². The second kappa shape index (κ2) is 6.55. The molecule has 0 aliphatic carbocycles. The number of hydrogen-bond donors (Lipinski definition) is 2. The number of carbonyl (C=O) groups excluding carboxylic acids is 1. The highest BCUT2D eigenvalue weighted by atomic mass is 79.9. The van der Waals surface area contributed by atoms with E-state index in [-0.39, 0.29) is 23.8 Å². The van der Waals surface area contributed by atoms with Gasteiger partial charge in [-0.2, -0.15) is 0 Å². The third kappa shape index (κ3) is 4.19. The molecule has 0 saturated heterocycles. The summed E-state index contributed by atoms with van der Waals surface area (Å²) >= 11 is 3.24. The summed E-state index contributed by atoms with van der Waals surface area (Å²) in [6.07, 6.45) is 0.108. The van der Waals surface area contributed by atoms with E-state index in [1.807, 2.05) is 0 Å². The van der Waals surface area contributed by atoms with E-state index >= 15 is 0 Å². The molecule has 0 spiro atoms. The Morgan fingerprint density at radius 3 is 2.55 bits per heavy atom. The van der Waals surface area contributed by atoms with Gasteiger partial charge in [0, 0.05) is 37.2 Å². The molecule has 0 unspecified atom stereocenters. The first-order valence-corrected chi connectivity index (χ1v) is 8.18. The van der Waals surface area contributed by atoms with E-state index in [0.29, 0.717) is 15.7 Å². The highest BCUT2D eigenvalue weighted by Gasteiger charge is 2.18. The Balaban J connectivity index is 2.85. The molecule has 0 aliphatic heterocycles. The molecule has 0 bridgehead atoms. The van der Waals surface area contributed by atoms with Gasteiger partial charge >= 0.3 is 0 Å². The van der Waals surface area contributed by atoms with Crippen molar-refractivity contribution in [1.82, 2.24) is 9.62 Å². The third-order valence-electron chi connectivity index (χ3n) is 2.71. The predicted molar refractivity (Wildman–Crippen MR) is 81.8 cm³/mol. The van der Waals surface area contributed by atoms with Crippen molar-refractivity contribution in [3.63, 3.8) is 0 Å². The minimum absolute atomic E-state index is 0.0504. The number of carbonyl (C=O) groups is 1. The number of sulfonamides is 1. The number of hydrogen-bond acceptors (Lipinski definition) is 4. The molecule has 0 aromatic heterocycles. The zero-order valence-electron chi connectivity index (χ0n) is 11.6. The summed E-state index contributed by atoms with van der Waals surface area (Å²) < 4.78 is 27.4. The van der Waals surface area contributed by atoms with E-state index in [0.717, 1.165) is 0 Å². The van der Waals surface area contributed by atoms with Gasteiger partial charge in [-0.25, -0.2) is 13.1 Å². The molecule has 112 valence electrons. The average Bonchev–Trinajstić information content (AvgIpc) is 2.33. The molecule has 0 saturated carbocycles. The number of anilines is 1. The molecule has 6 nitrogen and oxygen atoms in total. The minimum Gasteiger partial charge on any atom is -0.398 e. The maximum Gasteiger partial charge on any atom is 0.240 e. The standard InChI is InChI=1S/C12H18BrN3O3S/c1-8-6-9(13)10(14)7-11(8)20(18,19)15-5-4-12(17)16(2)3/h6-7,15H,4-5,14H2,1-3H3. The Morgan fingerprint density at radius 2 is 2.00 bits per heavy atom. The molecule has 0 fully saturated rings. The maximum absolute atomic E-state index is 12.2. The molecule has 0 atom stereocenters. The molecule has 1 aromatic rings. The summed E-state index contributed by atoms with van der Waals surface area (Å²) in [6.45, 7) is 1.73. The lowest BCUT2D eigenvalue weighted by Gasteiger charge is -2.13. The van der Waals surface area contributed by atoms with E-state index in [2.05, 4.69) is 20.7 Å². The summed E-state index contributed by atoms with van der Waals surface area (Å²) in [6, 6.07) is 3.05. The number of aryl methyl sites for hydroxylation is 1. The monoisotopic (exact) mass is 363 g/mol. The van der Waals surface area contributed by atoms with Crippen molar-refractivity contribution < 1.29 is 13.2 Å². The summed E-state index contributed by atoms with van der Waals surface area (Å²) in [5, 5.41) is 0. The van der Waals surface area contributed by atoms with Gasteiger partial charge in [0.15, 0.2) is 0 Å². The average molecular weight is 364 g/mol. The molecule has 1 aromatic carbocycles. The highest BCUT2D eigenvalue weighted by Crippen LogP contribution is 2.26. The zero-order chi connectivity index (χ0) is 15.5. The van der Waals surface area contributed by atoms with Gasteiger partial charge in [0.2, 0.25) is 15.9 Å². The Labute approximate surface area is 127 Å². The van der Waals surface area contributed by atoms with Gasteiger partial charge in [0.1, 0.15) is 0 Å². The van der Waals surface area contributed by atoms with E-state index in [1.54, 1.807) is 27.1 Å². The van der Waals surface area contributed by atoms with Crippen molar-refractivity contribution in [1.29, 1.82) is 0 Å². The SMILES string of the molecule is Cc1cc(Br)c(N)cc1S(=O)(=O)NCCC(=O)N(C)C. The number of nitrogen functional groups attached to an aromatic ring is 1. The first-order valence-electron chi connectivity index (χ1n) is 5.90. The van der Waals surface area contributed by atoms with E-state index < -0.39 is 10.0 Å². The maximum atomic E-state index is 12.2. The zero-order valence-corrected chi connectivity index (χ0v) is 14.0. The molecule has 0 heterocycles. The summed E-state index contributed by atoms with van der Waals surface area (Å²) in [5.41, 5.74) is 6.63. The first kappa shape index (κ1) is 16.9. The molecule has 3 N–H and O–H groups in total. The molecule has 1 rings (SSSR count). The lowest BCUT2D eigenvalue weighted by molar-refractivity contribution is -0.128. The largest absolute Gasteiger partial charge is 0.398 e. The second-order valence-electron chi connectivity index (χ2n) is 4.58. The van der Waals surface area contributed by atoms with Crippen LogP contribution in [0.5, 0.6) is 0 Å². The van der Waals surface area contributed by atoms with Crippen molar-refractivity contribution in [2.45, 2.75) is 18.2 Å². The lowest BCUT2D eigenvalue weighted by atomic mass is 10.2. The van der Waals surface area contributed by atoms with Gasteiger partial charge in [0.25, 0.3) is 0 Å². The number of nitrogens with two attached hydrogens (primary N) is 1. The van der Waals surface area contributed by atoms with Crippen LogP contribution in [0.1, 0.15) is 12.0 Å². The molecule has 20 heavy (non-hydrogen) atoms. The van der Waals surface area contributed by atoms with Crippen molar-refractivity contribution >= 4 is 37.5 Å². The smallest absolute Gasteiger partial charge is 0.240 e. The Hall–Kier alpha value is -1.12. The fourth-order valence-corrected chi connectivity index (χ4v) is 3.30. The number of benzene rings is 1. The third-order valence-corrected chi connectivity index (χ3v) is 5.00. The Bertz CT molecular complexity index is 615. The molecule has 8 heteroatoms. The van der Waals surface area contributed by atoms with Gasteiger partial charge in [-0.15, -0.1) is 0 Å². The topological polar surface area (TPSA) is 92.5 Å². The second-order valence-corrected chi connectivity index (χ2v) is 7.16. The Kier molecular flexibility index (Phi) is 5.55. The molecule has 1 amide bonds. The van der Waals surface area contributed by atoms with Crippen LogP contribution in [0.2, 0.25) is 0 Å². The van der Waals surface area contributed by atoms with Gasteiger partial charge in [-0.05, 0) is 40.5 Å². The summed E-state index contributed by atoms with van der Waals surface area (Å²) in [4.78, 5) is 12.9. The Morgan fingerprint density at radius 1 is 1.40 bits per heavy atom. The fourth-order valence-electron chi connectivity index (χ4n) is 1.55. The van der Waals surface area contributed by atoms with Crippen molar-refractivity contribution in [3.05, 3.63) is 22.2 Å². The van der Waals surface area contributed by atoms with E-state index in [9.17, 15) is 13.2 Å². The summed E-state index contributed by atoms with van der Waals surface area (Å²) in [7, 11) is -0.430. The van der Waals surface area contributed by atoms with Crippen LogP contribution in [0.25, 0.3) is 0 Å². The van der Waals surface area contributed by atoms with Crippen LogP contribution >= 0.6 is 15.9 Å². The summed E-state index contributed by atoms with van der Waals surface area (Å²) in [5.74, 6) is -0.139. The van der Waals surface area contributed by atoms with Crippen LogP contribution in [-0.4, -0.2) is 39.9 Å². The van der Waals surface area contributed by atoms with Crippen LogP contribution in [-0.2, 0) is 14.8 Å². The highest BCUT2D eigenvalue weighted by molar-refractivity contribution is 9.10. The fraction of sp³-hybridized carbons (Fsp3) is 0.417. The van der Waals surface area contributed by atoms with Gasteiger partial charge < -0.3 is 10.6 Å². The molecule has 0 radical (unpaired) electrons. The lowest BCUT2D eigenvalue weighted by Crippen LogP contribution is -2.30. The van der Waals surface area contributed by atoms with Crippen LogP contribution < -0.4 is 10.5 Å². The normalized spacial score (nSPS) is 11.4. The number of rotatable bonds is 5. The predicted octanol–water partition coefficient (Wildman–Crippen LogP) is 1.10. The number of halogens is 1. The van der Waals surface area contributed by atoms with E-state index in [4.69, 9.17) is 5.73 Å². The number of nitrogens with zero attached hydrogens (tertiary/aromatic N) is 1. The minimum atomic E-state index is -3.67. The van der Waals surface area contributed by atoms with Crippen molar-refractivity contribution in [2.75, 3.05) is 26.4 Å².